The molecule has 2 rings (SSSR count). The predicted octanol–water partition coefficient (Wildman–Crippen LogP) is 1.94. The van der Waals surface area contributed by atoms with E-state index in [-0.39, 0.29) is 0 Å². The van der Waals surface area contributed by atoms with Crippen molar-refractivity contribution in [3.63, 3.8) is 0 Å². The molecule has 1 fully saturated rings. The molecule has 1 aliphatic carbocycles. The molecule has 76 valence electrons. The van der Waals surface area contributed by atoms with Crippen molar-refractivity contribution >= 4 is 0 Å². The van der Waals surface area contributed by atoms with E-state index in [0.717, 1.165) is 5.82 Å². The molecule has 0 unspecified atom stereocenters. The molecule has 0 atom stereocenters. The Bertz CT molecular complexity index is 324. The van der Waals surface area contributed by atoms with Crippen molar-refractivity contribution in [1.29, 1.82) is 0 Å². The summed E-state index contributed by atoms with van der Waals surface area (Å²) in [6, 6.07) is 2.01. The maximum Gasteiger partial charge on any atom is 0.147 e. The third kappa shape index (κ3) is 1.77. The lowest BCUT2D eigenvalue weighted by Gasteiger charge is -2.26. The zero-order valence-corrected chi connectivity index (χ0v) is 8.83. The van der Waals surface area contributed by atoms with Crippen LogP contribution in [0.2, 0.25) is 0 Å². The van der Waals surface area contributed by atoms with Gasteiger partial charge in [-0.3, -0.25) is 0 Å². The smallest absolute Gasteiger partial charge is 0.147 e. The summed E-state index contributed by atoms with van der Waals surface area (Å²) in [6.07, 6.45) is 5.68. The van der Waals surface area contributed by atoms with Crippen LogP contribution >= 0.6 is 0 Å². The quantitative estimate of drug-likeness (QED) is 0.777. The van der Waals surface area contributed by atoms with Gasteiger partial charge in [0.2, 0.25) is 0 Å². The number of rotatable bonds is 2. The Morgan fingerprint density at radius 2 is 2.14 bits per heavy atom. The summed E-state index contributed by atoms with van der Waals surface area (Å²) in [5, 5.41) is 0. The minimum absolute atomic E-state index is 0.431. The van der Waals surface area contributed by atoms with Gasteiger partial charge in [-0.1, -0.05) is 6.42 Å². The van der Waals surface area contributed by atoms with Crippen LogP contribution in [0.3, 0.4) is 0 Å². The van der Waals surface area contributed by atoms with Gasteiger partial charge in [-0.25, -0.2) is 9.97 Å². The van der Waals surface area contributed by atoms with Gasteiger partial charge in [0.25, 0.3) is 0 Å². The third-order valence-corrected chi connectivity index (χ3v) is 2.78. The highest BCUT2D eigenvalue weighted by Crippen LogP contribution is 2.35. The molecule has 1 aromatic rings. The van der Waals surface area contributed by atoms with Gasteiger partial charge in [-0.15, -0.1) is 0 Å². The Labute approximate surface area is 84.8 Å². The second kappa shape index (κ2) is 3.31. The highest BCUT2D eigenvalue weighted by atomic mass is 15.0. The van der Waals surface area contributed by atoms with Gasteiger partial charge in [0.05, 0.1) is 5.54 Å². The van der Waals surface area contributed by atoms with Crippen LogP contribution in [0.25, 0.3) is 0 Å². The molecule has 1 heterocycles. The Morgan fingerprint density at radius 3 is 2.64 bits per heavy atom. The zero-order valence-electron chi connectivity index (χ0n) is 8.83. The maximum absolute atomic E-state index is 5.96. The van der Waals surface area contributed by atoms with Gasteiger partial charge < -0.3 is 5.73 Å². The van der Waals surface area contributed by atoms with E-state index >= 15 is 0 Å². The lowest BCUT2D eigenvalue weighted by molar-refractivity contribution is 0.404. The molecule has 1 aliphatic rings. The molecule has 2 N–H and O–H groups in total. The van der Waals surface area contributed by atoms with Crippen LogP contribution in [0, 0.1) is 0 Å². The zero-order chi connectivity index (χ0) is 10.2. The minimum atomic E-state index is -0.431. The topological polar surface area (TPSA) is 51.8 Å². The van der Waals surface area contributed by atoms with Crippen LogP contribution in [0.15, 0.2) is 12.3 Å². The Hall–Kier alpha value is -0.960. The van der Waals surface area contributed by atoms with E-state index in [0.29, 0.717) is 5.92 Å². The van der Waals surface area contributed by atoms with E-state index in [1.807, 2.05) is 26.1 Å². The van der Waals surface area contributed by atoms with Crippen molar-refractivity contribution in [1.82, 2.24) is 9.97 Å². The first-order valence-electron chi connectivity index (χ1n) is 5.19. The average Bonchev–Trinajstić information content (AvgIpc) is 2.00. The van der Waals surface area contributed by atoms with Gasteiger partial charge in [0, 0.05) is 17.8 Å². The Kier molecular flexibility index (Phi) is 2.27. The SMILES string of the molecule is CC(C)(N)c1nccc(C2CCC2)n1. The van der Waals surface area contributed by atoms with Gasteiger partial charge in [0.15, 0.2) is 0 Å². The van der Waals surface area contributed by atoms with Gasteiger partial charge in [-0.05, 0) is 32.8 Å². The normalized spacial score (nSPS) is 17.9. The van der Waals surface area contributed by atoms with Crippen LogP contribution in [-0.2, 0) is 5.54 Å². The first kappa shape index (κ1) is 9.59. The van der Waals surface area contributed by atoms with E-state index in [4.69, 9.17) is 5.73 Å². The highest BCUT2D eigenvalue weighted by molar-refractivity contribution is 5.13. The molecule has 0 saturated heterocycles. The molecule has 3 heteroatoms. The fourth-order valence-corrected chi connectivity index (χ4v) is 1.61. The molecule has 0 amide bonds. The van der Waals surface area contributed by atoms with Gasteiger partial charge >= 0.3 is 0 Å². The van der Waals surface area contributed by atoms with E-state index in [2.05, 4.69) is 9.97 Å². The standard InChI is InChI=1S/C11H17N3/c1-11(2,12)10-13-7-6-9(14-10)8-4-3-5-8/h6-8H,3-5,12H2,1-2H3. The molecule has 1 saturated carbocycles. The van der Waals surface area contributed by atoms with Crippen molar-refractivity contribution in [2.24, 2.45) is 5.73 Å². The first-order chi connectivity index (χ1) is 6.57. The number of hydrogen-bond donors (Lipinski definition) is 1. The lowest BCUT2D eigenvalue weighted by atomic mass is 9.83. The fourth-order valence-electron chi connectivity index (χ4n) is 1.61. The molecule has 0 radical (unpaired) electrons. The summed E-state index contributed by atoms with van der Waals surface area (Å²) in [5.41, 5.74) is 6.70. The van der Waals surface area contributed by atoms with Crippen molar-refractivity contribution in [3.05, 3.63) is 23.8 Å². The van der Waals surface area contributed by atoms with E-state index in [9.17, 15) is 0 Å². The van der Waals surface area contributed by atoms with Crippen LogP contribution in [0.1, 0.15) is 50.5 Å². The molecule has 1 aromatic heterocycles. The Morgan fingerprint density at radius 1 is 1.43 bits per heavy atom. The summed E-state index contributed by atoms with van der Waals surface area (Å²) < 4.78 is 0. The number of aromatic nitrogens is 2. The number of hydrogen-bond acceptors (Lipinski definition) is 3. The number of nitrogens with two attached hydrogens (primary N) is 1. The summed E-state index contributed by atoms with van der Waals surface area (Å²) in [6.45, 7) is 3.87. The summed E-state index contributed by atoms with van der Waals surface area (Å²) in [5.74, 6) is 1.40. The monoisotopic (exact) mass is 191 g/mol. The molecular weight excluding hydrogens is 174 g/mol. The van der Waals surface area contributed by atoms with Crippen molar-refractivity contribution < 1.29 is 0 Å². The van der Waals surface area contributed by atoms with Crippen LogP contribution in [0.4, 0.5) is 0 Å². The minimum Gasteiger partial charge on any atom is -0.319 e. The highest BCUT2D eigenvalue weighted by Gasteiger charge is 2.23. The largest absolute Gasteiger partial charge is 0.319 e. The molecular formula is C11H17N3. The second-order valence-corrected chi connectivity index (χ2v) is 4.65. The average molecular weight is 191 g/mol. The number of nitrogens with zero attached hydrogens (tertiary/aromatic N) is 2. The first-order valence-corrected chi connectivity index (χ1v) is 5.19. The predicted molar refractivity (Wildman–Crippen MR) is 55.8 cm³/mol. The van der Waals surface area contributed by atoms with Crippen LogP contribution < -0.4 is 5.73 Å². The molecule has 0 aliphatic heterocycles. The fraction of sp³-hybridized carbons (Fsp3) is 0.636. The summed E-state index contributed by atoms with van der Waals surface area (Å²) in [7, 11) is 0. The van der Waals surface area contributed by atoms with Crippen molar-refractivity contribution in [2.75, 3.05) is 0 Å². The van der Waals surface area contributed by atoms with Crippen molar-refractivity contribution in [2.45, 2.75) is 44.6 Å². The summed E-state index contributed by atoms with van der Waals surface area (Å²) >= 11 is 0. The molecule has 0 spiro atoms. The molecule has 0 aromatic carbocycles. The third-order valence-electron chi connectivity index (χ3n) is 2.78. The van der Waals surface area contributed by atoms with Gasteiger partial charge in [0.1, 0.15) is 5.82 Å². The van der Waals surface area contributed by atoms with E-state index in [1.54, 1.807) is 0 Å². The van der Waals surface area contributed by atoms with E-state index in [1.165, 1.54) is 25.0 Å². The van der Waals surface area contributed by atoms with Gasteiger partial charge in [-0.2, -0.15) is 0 Å². The van der Waals surface area contributed by atoms with Crippen LogP contribution in [-0.4, -0.2) is 9.97 Å². The molecule has 0 bridgehead atoms. The summed E-state index contributed by atoms with van der Waals surface area (Å²) in [4.78, 5) is 8.75. The second-order valence-electron chi connectivity index (χ2n) is 4.65. The molecule has 14 heavy (non-hydrogen) atoms. The molecule has 3 nitrogen and oxygen atoms in total. The van der Waals surface area contributed by atoms with Crippen LogP contribution in [0.5, 0.6) is 0 Å². The van der Waals surface area contributed by atoms with Crippen molar-refractivity contribution in [3.8, 4) is 0 Å². The van der Waals surface area contributed by atoms with E-state index < -0.39 is 5.54 Å². The Balaban J connectivity index is 2.26. The maximum atomic E-state index is 5.96. The lowest BCUT2D eigenvalue weighted by Crippen LogP contribution is -2.31.